The molecule has 0 amide bonds. The van der Waals surface area contributed by atoms with Crippen LogP contribution in [-0.4, -0.2) is 0 Å². The second kappa shape index (κ2) is 49.8. The van der Waals surface area contributed by atoms with Gasteiger partial charge in [-0.1, -0.05) is 105 Å². The topological polar surface area (TPSA) is 0 Å². The molecule has 0 aromatic carbocycles. The fourth-order valence-corrected chi connectivity index (χ4v) is 1.71. The summed E-state index contributed by atoms with van der Waals surface area (Å²) in [5.74, 6) is 0. The van der Waals surface area contributed by atoms with Crippen LogP contribution in [0.5, 0.6) is 0 Å². The van der Waals surface area contributed by atoms with Crippen LogP contribution >= 0.6 is 0 Å². The van der Waals surface area contributed by atoms with Crippen LogP contribution in [0.2, 0.25) is 0 Å². The van der Waals surface area contributed by atoms with Gasteiger partial charge in [-0.15, -0.1) is 0 Å². The van der Waals surface area contributed by atoms with Gasteiger partial charge >= 0.3 is 26.2 Å². The van der Waals surface area contributed by atoms with Crippen molar-refractivity contribution in [1.82, 2.24) is 0 Å². The van der Waals surface area contributed by atoms with Crippen LogP contribution in [0.3, 0.4) is 0 Å². The maximum atomic E-state index is 3.72. The average molecular weight is 432 g/mol. The molecular weight excluding hydrogens is 379 g/mol. The third-order valence-corrected chi connectivity index (χ3v) is 3.41. The molecule has 0 bridgehead atoms. The van der Waals surface area contributed by atoms with Crippen molar-refractivity contribution in [3.8, 4) is 0 Å². The molecule has 152 valence electrons. The fourth-order valence-electron chi connectivity index (χ4n) is 1.71. The van der Waals surface area contributed by atoms with Crippen molar-refractivity contribution < 1.29 is 26.2 Å². The van der Waals surface area contributed by atoms with Crippen LogP contribution in [0.4, 0.5) is 0 Å². The maximum Gasteiger partial charge on any atom is 4.00 e. The third-order valence-electron chi connectivity index (χ3n) is 3.41. The van der Waals surface area contributed by atoms with Crippen molar-refractivity contribution in [3.05, 3.63) is 27.7 Å². The monoisotopic (exact) mass is 430 g/mol. The zero-order valence-corrected chi connectivity index (χ0v) is 21.1. The minimum absolute atomic E-state index is 0. The van der Waals surface area contributed by atoms with Gasteiger partial charge in [0.1, 0.15) is 0 Å². The van der Waals surface area contributed by atoms with Gasteiger partial charge < -0.3 is 27.7 Å². The summed E-state index contributed by atoms with van der Waals surface area (Å²) in [6, 6.07) is 0. The van der Waals surface area contributed by atoms with E-state index in [1.165, 1.54) is 77.0 Å². The van der Waals surface area contributed by atoms with E-state index in [1.807, 2.05) is 0 Å². The van der Waals surface area contributed by atoms with Crippen LogP contribution < -0.4 is 0 Å². The molecule has 0 aliphatic heterocycles. The molecule has 0 heterocycles. The molecule has 0 saturated carbocycles. The van der Waals surface area contributed by atoms with Crippen LogP contribution in [0, 0.1) is 27.7 Å². The summed E-state index contributed by atoms with van der Waals surface area (Å²) < 4.78 is 0. The van der Waals surface area contributed by atoms with Gasteiger partial charge in [-0.25, -0.2) is 0 Å². The summed E-state index contributed by atoms with van der Waals surface area (Å²) in [5, 5.41) is 0. The molecule has 0 aromatic heterocycles. The Hall–Kier alpha value is 0.883. The van der Waals surface area contributed by atoms with Crippen LogP contribution in [0.25, 0.3) is 0 Å². The predicted molar refractivity (Wildman–Crippen MR) is 118 cm³/mol. The van der Waals surface area contributed by atoms with E-state index in [0.717, 1.165) is 25.7 Å². The van der Waals surface area contributed by atoms with Crippen molar-refractivity contribution in [3.63, 3.8) is 0 Å². The molecule has 0 rings (SSSR count). The van der Waals surface area contributed by atoms with Gasteiger partial charge in [0.15, 0.2) is 0 Å². The normalized spacial score (nSPS) is 8.64. The predicted octanol–water partition coefficient (Wildman–Crippen LogP) is 9.60. The van der Waals surface area contributed by atoms with Crippen molar-refractivity contribution >= 4 is 0 Å². The van der Waals surface area contributed by atoms with Crippen LogP contribution in [0.15, 0.2) is 0 Å². The van der Waals surface area contributed by atoms with Crippen molar-refractivity contribution in [2.45, 2.75) is 130 Å². The molecular formula is C24H52Zr. The Morgan fingerprint density at radius 3 is 0.560 bits per heavy atom. The van der Waals surface area contributed by atoms with E-state index in [9.17, 15) is 0 Å². The first-order chi connectivity index (χ1) is 11.7. The van der Waals surface area contributed by atoms with Crippen molar-refractivity contribution in [2.75, 3.05) is 0 Å². The Bertz CT molecular complexity index is 86.1. The second-order valence-corrected chi connectivity index (χ2v) is 6.24. The van der Waals surface area contributed by atoms with Gasteiger partial charge in [0.05, 0.1) is 0 Å². The summed E-state index contributed by atoms with van der Waals surface area (Å²) in [5.41, 5.74) is 0. The molecule has 25 heavy (non-hydrogen) atoms. The van der Waals surface area contributed by atoms with E-state index in [-0.39, 0.29) is 26.2 Å². The first kappa shape index (κ1) is 36.7. The Morgan fingerprint density at radius 2 is 0.520 bits per heavy atom. The molecule has 0 aliphatic rings. The Balaban J connectivity index is -0.0000000702. The molecule has 0 aliphatic carbocycles. The Morgan fingerprint density at radius 1 is 0.360 bits per heavy atom. The van der Waals surface area contributed by atoms with Crippen LogP contribution in [0.1, 0.15) is 130 Å². The molecule has 0 radical (unpaired) electrons. The van der Waals surface area contributed by atoms with Crippen molar-refractivity contribution in [1.29, 1.82) is 0 Å². The summed E-state index contributed by atoms with van der Waals surface area (Å²) in [6.07, 6.45) is 20.3. The molecule has 0 saturated heterocycles. The zero-order valence-electron chi connectivity index (χ0n) is 18.6. The van der Waals surface area contributed by atoms with Gasteiger partial charge in [-0.05, 0) is 0 Å². The van der Waals surface area contributed by atoms with E-state index >= 15 is 0 Å². The van der Waals surface area contributed by atoms with E-state index in [2.05, 4.69) is 55.4 Å². The SMILES string of the molecule is [CH2-]CCCCC.[CH2-]CCCCC.[CH2-]CCCCC.[CH2-]CCCCC.[Zr+4]. The second-order valence-electron chi connectivity index (χ2n) is 6.24. The van der Waals surface area contributed by atoms with E-state index in [0.29, 0.717) is 0 Å². The number of hydrogen-bond acceptors (Lipinski definition) is 0. The summed E-state index contributed by atoms with van der Waals surface area (Å²) in [4.78, 5) is 0. The minimum atomic E-state index is 0. The molecule has 0 unspecified atom stereocenters. The summed E-state index contributed by atoms with van der Waals surface area (Å²) in [7, 11) is 0. The van der Waals surface area contributed by atoms with E-state index < -0.39 is 0 Å². The average Bonchev–Trinajstić information content (AvgIpc) is 2.62. The van der Waals surface area contributed by atoms with Gasteiger partial charge in [0, 0.05) is 0 Å². The zero-order chi connectivity index (χ0) is 19.3. The molecule has 0 spiro atoms. The molecule has 0 nitrogen and oxygen atoms in total. The van der Waals surface area contributed by atoms with Gasteiger partial charge in [0.2, 0.25) is 0 Å². The molecule has 0 fully saturated rings. The standard InChI is InChI=1S/4C6H13.Zr/c4*1-3-5-6-4-2;/h4*1,3-6H2,2H3;/q4*-1;+4. The minimum Gasteiger partial charge on any atom is -0.343 e. The third kappa shape index (κ3) is 78.5. The van der Waals surface area contributed by atoms with E-state index in [4.69, 9.17) is 0 Å². The Labute approximate surface area is 183 Å². The number of hydrogen-bond donors (Lipinski definition) is 0. The van der Waals surface area contributed by atoms with Crippen molar-refractivity contribution in [2.24, 2.45) is 0 Å². The quantitative estimate of drug-likeness (QED) is 0.213. The van der Waals surface area contributed by atoms with E-state index in [1.54, 1.807) is 0 Å². The van der Waals surface area contributed by atoms with Gasteiger partial charge in [0.25, 0.3) is 0 Å². The molecule has 0 N–H and O–H groups in total. The summed E-state index contributed by atoms with van der Waals surface area (Å²) >= 11 is 0. The molecule has 1 heteroatoms. The number of unbranched alkanes of at least 4 members (excludes halogenated alkanes) is 12. The first-order valence-corrected chi connectivity index (χ1v) is 10.8. The van der Waals surface area contributed by atoms with Gasteiger partial charge in [-0.3, -0.25) is 0 Å². The first-order valence-electron chi connectivity index (χ1n) is 10.8. The molecule has 0 atom stereocenters. The number of rotatable bonds is 12. The Kier molecular flexibility index (Phi) is 73.2. The van der Waals surface area contributed by atoms with Gasteiger partial charge in [-0.2, -0.15) is 25.7 Å². The molecule has 0 aromatic rings. The fraction of sp³-hybridized carbons (Fsp3) is 0.833. The van der Waals surface area contributed by atoms with Crippen LogP contribution in [-0.2, 0) is 26.2 Å². The summed E-state index contributed by atoms with van der Waals surface area (Å²) in [6.45, 7) is 23.7. The smallest absolute Gasteiger partial charge is 0.343 e. The largest absolute Gasteiger partial charge is 4.00 e. The maximum absolute atomic E-state index is 3.72.